The number of carbonyl (C=O) groups is 2. The van der Waals surface area contributed by atoms with Crippen LogP contribution in [0.5, 0.6) is 0 Å². The maximum absolute atomic E-state index is 12.6. The number of allylic oxidation sites excluding steroid dienone is 2. The number of carbonyl (C=O) groups excluding carboxylic acids is 2. The first-order valence-corrected chi connectivity index (χ1v) is 12.4. The molecule has 0 radical (unpaired) electrons. The van der Waals surface area contributed by atoms with Gasteiger partial charge in [-0.2, -0.15) is 0 Å². The predicted molar refractivity (Wildman–Crippen MR) is 141 cm³/mol. The van der Waals surface area contributed by atoms with Gasteiger partial charge in [0.25, 0.3) is 5.91 Å². The second-order valence-corrected chi connectivity index (χ2v) is 9.98. The minimum absolute atomic E-state index is 0.0924. The molecule has 0 aliphatic heterocycles. The fourth-order valence-corrected chi connectivity index (χ4v) is 4.34. The number of benzene rings is 2. The Morgan fingerprint density at radius 2 is 1.89 bits per heavy atom. The zero-order valence-electron chi connectivity index (χ0n) is 21.0. The highest BCUT2D eigenvalue weighted by molar-refractivity contribution is 5.94. The number of aliphatic hydroxyl groups excluding tert-OH is 1. The van der Waals surface area contributed by atoms with E-state index in [2.05, 4.69) is 28.1 Å². The number of β-amino-alcohol motifs (C(OH)–C–C–N with tert-alkyl or cyclic N) is 1. The van der Waals surface area contributed by atoms with E-state index in [0.717, 1.165) is 18.4 Å². The largest absolute Gasteiger partial charge is 0.388 e. The number of hydrogen-bond donors (Lipinski definition) is 5. The lowest BCUT2D eigenvalue weighted by Gasteiger charge is -2.35. The first-order valence-electron chi connectivity index (χ1n) is 12.4. The van der Waals surface area contributed by atoms with E-state index in [1.165, 1.54) is 5.56 Å². The van der Waals surface area contributed by atoms with Gasteiger partial charge in [-0.15, -0.1) is 0 Å². The first-order chi connectivity index (χ1) is 17.2. The quantitative estimate of drug-likeness (QED) is 0.219. The van der Waals surface area contributed by atoms with Gasteiger partial charge in [0.05, 0.1) is 6.10 Å². The lowest BCUT2D eigenvalue weighted by atomic mass is 9.86. The molecule has 2 aromatic carbocycles. The molecule has 0 aromatic heterocycles. The van der Waals surface area contributed by atoms with Crippen LogP contribution in [0.15, 0.2) is 78.5 Å². The molecule has 0 saturated heterocycles. The summed E-state index contributed by atoms with van der Waals surface area (Å²) >= 11 is 0. The van der Waals surface area contributed by atoms with Crippen molar-refractivity contribution in [2.45, 2.75) is 56.8 Å². The van der Waals surface area contributed by atoms with Crippen LogP contribution in [0.25, 0.3) is 0 Å². The molecule has 1 aliphatic rings. The molecule has 1 unspecified atom stereocenters. The zero-order chi connectivity index (χ0) is 26.0. The molecule has 2 amide bonds. The maximum Gasteiger partial charge on any atom is 0.251 e. The number of rotatable bonds is 13. The van der Waals surface area contributed by atoms with E-state index in [4.69, 9.17) is 0 Å². The fourth-order valence-electron chi connectivity index (χ4n) is 4.34. The fraction of sp³-hybridized carbons (Fsp3) is 0.379. The molecule has 7 nitrogen and oxygen atoms in total. The molecular formula is C29H37N3O4. The highest BCUT2D eigenvalue weighted by Crippen LogP contribution is 2.25. The third-order valence-electron chi connectivity index (χ3n) is 6.36. The van der Waals surface area contributed by atoms with E-state index >= 15 is 0 Å². The van der Waals surface area contributed by atoms with Crippen molar-refractivity contribution < 1.29 is 19.8 Å². The Morgan fingerprint density at radius 3 is 2.64 bits per heavy atom. The van der Waals surface area contributed by atoms with Crippen molar-refractivity contribution in [3.05, 3.63) is 95.2 Å². The van der Waals surface area contributed by atoms with Crippen molar-refractivity contribution in [2.24, 2.45) is 0 Å². The SMILES string of the molecule is CC(C)(Cc1cccc(C(=O)NCCCc2ccccc2)c1)NC[C@@H](O)C1(O)C=CC=C(NC=O)C1. The number of aliphatic hydroxyl groups is 2. The van der Waals surface area contributed by atoms with E-state index in [0.29, 0.717) is 30.6 Å². The lowest BCUT2D eigenvalue weighted by Crippen LogP contribution is -2.52. The molecule has 2 aromatic rings. The molecule has 1 aliphatic carbocycles. The smallest absolute Gasteiger partial charge is 0.251 e. The van der Waals surface area contributed by atoms with Crippen LogP contribution < -0.4 is 16.0 Å². The average Bonchev–Trinajstić information content (AvgIpc) is 2.86. The molecule has 0 saturated carbocycles. The van der Waals surface area contributed by atoms with E-state index in [9.17, 15) is 19.8 Å². The lowest BCUT2D eigenvalue weighted by molar-refractivity contribution is -0.109. The normalized spacial score (nSPS) is 18.3. The molecule has 2 atom stereocenters. The van der Waals surface area contributed by atoms with Gasteiger partial charge >= 0.3 is 0 Å². The van der Waals surface area contributed by atoms with Crippen molar-refractivity contribution in [2.75, 3.05) is 13.1 Å². The Morgan fingerprint density at radius 1 is 1.14 bits per heavy atom. The van der Waals surface area contributed by atoms with Crippen LogP contribution in [0, 0.1) is 0 Å². The topological polar surface area (TPSA) is 111 Å². The molecule has 5 N–H and O–H groups in total. The Hall–Kier alpha value is -3.26. The average molecular weight is 492 g/mol. The summed E-state index contributed by atoms with van der Waals surface area (Å²) < 4.78 is 0. The second-order valence-electron chi connectivity index (χ2n) is 9.98. The van der Waals surface area contributed by atoms with Crippen LogP contribution >= 0.6 is 0 Å². The first kappa shape index (κ1) is 27.3. The van der Waals surface area contributed by atoms with Crippen molar-refractivity contribution in [3.8, 4) is 0 Å². The van der Waals surface area contributed by atoms with Crippen LogP contribution in [0.2, 0.25) is 0 Å². The van der Waals surface area contributed by atoms with Gasteiger partial charge in [0, 0.05) is 36.3 Å². The van der Waals surface area contributed by atoms with Crippen molar-refractivity contribution >= 4 is 12.3 Å². The van der Waals surface area contributed by atoms with Crippen molar-refractivity contribution in [3.63, 3.8) is 0 Å². The highest BCUT2D eigenvalue weighted by atomic mass is 16.3. The van der Waals surface area contributed by atoms with Crippen LogP contribution in [0.3, 0.4) is 0 Å². The van der Waals surface area contributed by atoms with Gasteiger partial charge in [0.1, 0.15) is 5.60 Å². The summed E-state index contributed by atoms with van der Waals surface area (Å²) in [5.41, 5.74) is 1.54. The van der Waals surface area contributed by atoms with Gasteiger partial charge in [-0.05, 0) is 62.4 Å². The monoisotopic (exact) mass is 491 g/mol. The number of aryl methyl sites for hydroxylation is 1. The Balaban J connectivity index is 1.49. The van der Waals surface area contributed by atoms with Crippen molar-refractivity contribution in [1.29, 1.82) is 0 Å². The molecule has 0 spiro atoms. The molecule has 7 heteroatoms. The minimum atomic E-state index is -1.47. The summed E-state index contributed by atoms with van der Waals surface area (Å²) in [7, 11) is 0. The molecule has 192 valence electrons. The molecule has 36 heavy (non-hydrogen) atoms. The Labute approximate surface area is 213 Å². The zero-order valence-corrected chi connectivity index (χ0v) is 21.0. The number of hydrogen-bond acceptors (Lipinski definition) is 5. The molecule has 0 fully saturated rings. The molecule has 0 heterocycles. The summed E-state index contributed by atoms with van der Waals surface area (Å²) in [4.78, 5) is 23.4. The number of amides is 2. The maximum atomic E-state index is 12.6. The third-order valence-corrected chi connectivity index (χ3v) is 6.36. The van der Waals surface area contributed by atoms with E-state index in [-0.39, 0.29) is 18.9 Å². The second kappa shape index (κ2) is 12.6. The minimum Gasteiger partial charge on any atom is -0.388 e. The van der Waals surface area contributed by atoms with Gasteiger partial charge in [-0.1, -0.05) is 54.6 Å². The molecule has 3 rings (SSSR count). The highest BCUT2D eigenvalue weighted by Gasteiger charge is 2.36. The van der Waals surface area contributed by atoms with E-state index < -0.39 is 17.2 Å². The van der Waals surface area contributed by atoms with E-state index in [1.807, 2.05) is 56.3 Å². The van der Waals surface area contributed by atoms with Gasteiger partial charge in [0.15, 0.2) is 0 Å². The third kappa shape index (κ3) is 8.16. The Kier molecular flexibility index (Phi) is 9.58. The van der Waals surface area contributed by atoms with Gasteiger partial charge in [-0.25, -0.2) is 0 Å². The van der Waals surface area contributed by atoms with Crippen LogP contribution in [-0.2, 0) is 17.6 Å². The van der Waals surface area contributed by atoms with Gasteiger partial charge in [-0.3, -0.25) is 9.59 Å². The summed E-state index contributed by atoms with van der Waals surface area (Å²) in [6.07, 6.45) is 6.89. The van der Waals surface area contributed by atoms with Crippen LogP contribution in [0.4, 0.5) is 0 Å². The predicted octanol–water partition coefficient (Wildman–Crippen LogP) is 2.64. The van der Waals surface area contributed by atoms with Crippen LogP contribution in [0.1, 0.15) is 48.2 Å². The number of nitrogens with one attached hydrogen (secondary N) is 3. The van der Waals surface area contributed by atoms with Gasteiger partial charge in [0.2, 0.25) is 6.41 Å². The van der Waals surface area contributed by atoms with Gasteiger partial charge < -0.3 is 26.2 Å². The molecular weight excluding hydrogens is 454 g/mol. The summed E-state index contributed by atoms with van der Waals surface area (Å²) in [6.45, 7) is 4.79. The summed E-state index contributed by atoms with van der Waals surface area (Å²) in [6, 6.07) is 17.8. The summed E-state index contributed by atoms with van der Waals surface area (Å²) in [5.74, 6) is -0.0924. The molecule has 0 bridgehead atoms. The van der Waals surface area contributed by atoms with Crippen molar-refractivity contribution in [1.82, 2.24) is 16.0 Å². The standard InChI is InChI=1S/C29H37N3O4/c1-28(2,32-20-26(34)29(36)15-7-14-25(19-29)31-21-33)18-23-11-6-13-24(17-23)27(35)30-16-8-12-22-9-4-3-5-10-22/h3-7,9-11,13-15,17,21,26,32,34,36H,8,12,16,18-20H2,1-2H3,(H,30,35)(H,31,33)/t26-,29?/m1/s1. The van der Waals surface area contributed by atoms with Crippen LogP contribution in [-0.4, -0.2) is 52.9 Å². The summed E-state index contributed by atoms with van der Waals surface area (Å²) in [5, 5.41) is 30.4. The van der Waals surface area contributed by atoms with E-state index in [1.54, 1.807) is 18.2 Å². The Bertz CT molecular complexity index is 1080.